The molecule has 0 saturated heterocycles. The van der Waals surface area contributed by atoms with E-state index in [1.165, 1.54) is 0 Å². The van der Waals surface area contributed by atoms with Gasteiger partial charge in [0, 0.05) is 12.4 Å². The summed E-state index contributed by atoms with van der Waals surface area (Å²) in [4.78, 5) is 17.1. The molecule has 0 aromatic rings. The molecule has 0 radical (unpaired) electrons. The van der Waals surface area contributed by atoms with Gasteiger partial charge >= 0.3 is 29.6 Å². The molecule has 0 aromatic carbocycles. The van der Waals surface area contributed by atoms with Crippen LogP contribution in [-0.4, -0.2) is 12.4 Å². The average Bonchev–Trinajstić information content (AvgIpc) is 1.33. The Bertz CT molecular complexity index is 58.3. The average molecular weight is 127 g/mol. The monoisotopic (exact) mass is 127 g/mol. The van der Waals surface area contributed by atoms with Crippen LogP contribution in [0.1, 0.15) is 6.92 Å². The summed E-state index contributed by atoms with van der Waals surface area (Å²) < 4.78 is 0. The summed E-state index contributed by atoms with van der Waals surface area (Å²) in [7, 11) is 0. The van der Waals surface area contributed by atoms with Crippen molar-refractivity contribution in [2.24, 2.45) is 0 Å². The van der Waals surface area contributed by atoms with Crippen molar-refractivity contribution < 1.29 is 49.4 Å². The quantitative estimate of drug-likeness (QED) is 0.240. The Kier molecular flexibility index (Phi) is 30.9. The molecule has 0 fully saturated rings. The molecule has 0 N–H and O–H groups in total. The summed E-state index contributed by atoms with van der Waals surface area (Å²) in [6.07, 6.45) is 0. The van der Waals surface area contributed by atoms with E-state index in [0.29, 0.717) is 0 Å². The summed E-state index contributed by atoms with van der Waals surface area (Å²) in [5.74, 6) is -1.08. The molecule has 8 heavy (non-hydrogen) atoms. The number of carboxylic acids is 1. The number of carbonyl (C=O) groups is 2. The first-order valence-corrected chi connectivity index (χ1v) is 1.38. The first-order chi connectivity index (χ1) is 3.15. The largest absolute Gasteiger partial charge is 1.00 e. The maximum Gasteiger partial charge on any atom is 1.00 e. The van der Waals surface area contributed by atoms with Gasteiger partial charge in [-0.2, -0.15) is 0 Å². The summed E-state index contributed by atoms with van der Waals surface area (Å²) in [6.45, 7) is 0.472. The van der Waals surface area contributed by atoms with Crippen LogP contribution in [0.4, 0.5) is 0 Å². The Morgan fingerprint density at radius 1 is 1.62 bits per heavy atom. The van der Waals surface area contributed by atoms with Gasteiger partial charge < -0.3 is 19.8 Å². The first kappa shape index (κ1) is 15.7. The van der Waals surface area contributed by atoms with Gasteiger partial charge in [-0.3, -0.25) is 0 Å². The Hall–Kier alpha value is -0.0600. The van der Waals surface area contributed by atoms with Crippen molar-refractivity contribution in [3.63, 3.8) is 0 Å². The fraction of sp³-hybridized carbons (Fsp3) is 0.333. The van der Waals surface area contributed by atoms with E-state index in [9.17, 15) is 0 Å². The van der Waals surface area contributed by atoms with Crippen molar-refractivity contribution in [2.45, 2.75) is 6.92 Å². The molecule has 0 atom stereocenters. The van der Waals surface area contributed by atoms with E-state index < -0.39 is 12.4 Å². The molecule has 0 saturated carbocycles. The number of aliphatic carboxylic acids is 1. The van der Waals surface area contributed by atoms with Gasteiger partial charge in [-0.25, -0.2) is 0 Å². The Morgan fingerprint density at radius 2 is 1.62 bits per heavy atom. The Labute approximate surface area is 68.8 Å². The minimum atomic E-state index is -1.08. The molecule has 0 aliphatic rings. The third-order valence-electron chi connectivity index (χ3n) is 0. The fourth-order valence-corrected chi connectivity index (χ4v) is 0. The molecule has 0 rings (SSSR count). The van der Waals surface area contributed by atoms with Crippen molar-refractivity contribution >= 4 is 12.4 Å². The van der Waals surface area contributed by atoms with E-state index >= 15 is 0 Å². The molecule has 0 heterocycles. The second-order valence-electron chi connectivity index (χ2n) is 0.588. The molecule has 0 aliphatic heterocycles. The van der Waals surface area contributed by atoms with Crippen molar-refractivity contribution in [1.29, 1.82) is 0 Å². The Balaban J connectivity index is -0.0000000575. The van der Waals surface area contributed by atoms with E-state index in [4.69, 9.17) is 19.8 Å². The van der Waals surface area contributed by atoms with Crippen molar-refractivity contribution in [1.82, 2.24) is 0 Å². The SMILES string of the molecule is CC(=O)[O-].O=C[O-].[Na+]. The summed E-state index contributed by atoms with van der Waals surface area (Å²) >= 11 is 0. The maximum absolute atomic E-state index is 8.89. The third kappa shape index (κ3) is 40300. The second kappa shape index (κ2) is 15.8. The van der Waals surface area contributed by atoms with Crippen LogP contribution in [0.3, 0.4) is 0 Å². The van der Waals surface area contributed by atoms with Gasteiger partial charge in [0.05, 0.1) is 0 Å². The summed E-state index contributed by atoms with van der Waals surface area (Å²) in [6, 6.07) is 0. The molecule has 0 aromatic heterocycles. The molecule has 5 heteroatoms. The van der Waals surface area contributed by atoms with Gasteiger partial charge in [0.15, 0.2) is 0 Å². The summed E-state index contributed by atoms with van der Waals surface area (Å²) in [5.41, 5.74) is 0. The predicted octanol–water partition coefficient (Wildman–Crippen LogP) is -5.87. The van der Waals surface area contributed by atoms with Gasteiger partial charge in [0.2, 0.25) is 0 Å². The van der Waals surface area contributed by atoms with Crippen molar-refractivity contribution in [3.8, 4) is 0 Å². The van der Waals surface area contributed by atoms with E-state index in [1.807, 2.05) is 0 Å². The van der Waals surface area contributed by atoms with Crippen LogP contribution in [0, 0.1) is 0 Å². The normalized spacial score (nSPS) is 4.62. The minimum absolute atomic E-state index is 0. The molecule has 4 nitrogen and oxygen atoms in total. The number of hydrogen-bond donors (Lipinski definition) is 0. The van der Waals surface area contributed by atoms with Crippen LogP contribution in [-0.2, 0) is 9.59 Å². The molecule has 0 unspecified atom stereocenters. The van der Waals surface area contributed by atoms with Gasteiger partial charge in [-0.05, 0) is 6.92 Å². The zero-order valence-corrected chi connectivity index (χ0v) is 6.71. The molecular weight excluding hydrogens is 123 g/mol. The van der Waals surface area contributed by atoms with Gasteiger partial charge in [-0.1, -0.05) is 0 Å². The van der Waals surface area contributed by atoms with Crippen LogP contribution >= 0.6 is 0 Å². The zero-order chi connectivity index (χ0) is 6.28. The molecule has 0 aliphatic carbocycles. The number of carbonyl (C=O) groups excluding carboxylic acids is 2. The van der Waals surface area contributed by atoms with E-state index in [2.05, 4.69) is 0 Å². The number of hydrogen-bond acceptors (Lipinski definition) is 4. The van der Waals surface area contributed by atoms with Gasteiger partial charge in [0.1, 0.15) is 0 Å². The van der Waals surface area contributed by atoms with Crippen LogP contribution in [0.25, 0.3) is 0 Å². The van der Waals surface area contributed by atoms with E-state index in [-0.39, 0.29) is 29.6 Å². The fourth-order valence-electron chi connectivity index (χ4n) is 0. The van der Waals surface area contributed by atoms with Crippen LogP contribution < -0.4 is 39.8 Å². The molecule has 0 bridgehead atoms. The topological polar surface area (TPSA) is 80.3 Å². The van der Waals surface area contributed by atoms with Crippen LogP contribution in [0.2, 0.25) is 0 Å². The van der Waals surface area contributed by atoms with Crippen LogP contribution in [0.5, 0.6) is 0 Å². The molecule has 42 valence electrons. The number of rotatable bonds is 0. The van der Waals surface area contributed by atoms with Crippen molar-refractivity contribution in [2.75, 3.05) is 0 Å². The third-order valence-corrected chi connectivity index (χ3v) is 0. The van der Waals surface area contributed by atoms with Crippen LogP contribution in [0.15, 0.2) is 0 Å². The van der Waals surface area contributed by atoms with E-state index in [0.717, 1.165) is 6.92 Å². The predicted molar refractivity (Wildman–Crippen MR) is 16.7 cm³/mol. The minimum Gasteiger partial charge on any atom is -0.554 e. The van der Waals surface area contributed by atoms with E-state index in [1.54, 1.807) is 0 Å². The molecular formula is C3H4NaO4-. The summed E-state index contributed by atoms with van der Waals surface area (Å²) in [5, 5.41) is 17.1. The van der Waals surface area contributed by atoms with Gasteiger partial charge in [-0.15, -0.1) is 0 Å². The smallest absolute Gasteiger partial charge is 0.554 e. The van der Waals surface area contributed by atoms with Gasteiger partial charge in [0.25, 0.3) is 0 Å². The number of carboxylic acid groups (broad SMARTS) is 2. The first-order valence-electron chi connectivity index (χ1n) is 1.38. The zero-order valence-electron chi connectivity index (χ0n) is 4.71. The standard InChI is InChI=1S/C2H4O2.CH2O2.Na/c1-2(3)4;2-1-3;/h1H3,(H,3,4);1H,(H,2,3);/q;;+1/p-2. The Morgan fingerprint density at radius 3 is 1.62 bits per heavy atom. The maximum atomic E-state index is 8.89. The molecule has 0 spiro atoms. The van der Waals surface area contributed by atoms with Crippen molar-refractivity contribution in [3.05, 3.63) is 0 Å². The second-order valence-corrected chi connectivity index (χ2v) is 0.588. The molecule has 0 amide bonds.